The van der Waals surface area contributed by atoms with Crippen molar-refractivity contribution >= 4 is 35.3 Å². The lowest BCUT2D eigenvalue weighted by Gasteiger charge is -2.28. The molecule has 3 heterocycles. The molecule has 0 spiro atoms. The van der Waals surface area contributed by atoms with E-state index in [0.29, 0.717) is 24.2 Å². The van der Waals surface area contributed by atoms with E-state index in [2.05, 4.69) is 10.3 Å². The number of hydrogen-bond acceptors (Lipinski definition) is 5. The van der Waals surface area contributed by atoms with Gasteiger partial charge in [-0.2, -0.15) is 13.2 Å². The van der Waals surface area contributed by atoms with Crippen LogP contribution in [-0.4, -0.2) is 51.9 Å². The number of anilines is 1. The summed E-state index contributed by atoms with van der Waals surface area (Å²) in [5, 5.41) is 2.68. The van der Waals surface area contributed by atoms with Crippen molar-refractivity contribution in [2.75, 3.05) is 18.0 Å². The molecule has 4 rings (SSSR count). The maximum absolute atomic E-state index is 13.3. The number of likely N-dealkylation sites (tertiary alicyclic amines) is 1. The minimum Gasteiger partial charge on any atom is -0.339 e. The molecule has 2 fully saturated rings. The van der Waals surface area contributed by atoms with Gasteiger partial charge in [0.25, 0.3) is 11.8 Å². The number of hydrogen-bond donors (Lipinski definition) is 1. The van der Waals surface area contributed by atoms with E-state index in [1.807, 2.05) is 0 Å². The van der Waals surface area contributed by atoms with E-state index in [-0.39, 0.29) is 34.7 Å². The largest absolute Gasteiger partial charge is 0.446 e. The second-order valence-electron chi connectivity index (χ2n) is 8.51. The fourth-order valence-corrected chi connectivity index (χ4v) is 4.79. The number of pyridine rings is 1. The summed E-state index contributed by atoms with van der Waals surface area (Å²) in [4.78, 5) is 45.8. The summed E-state index contributed by atoms with van der Waals surface area (Å²) < 4.78 is 37.8. The van der Waals surface area contributed by atoms with E-state index in [0.717, 1.165) is 24.2 Å². The fraction of sp³-hybridized carbons (Fsp3) is 0.391. The molecule has 0 radical (unpaired) electrons. The van der Waals surface area contributed by atoms with E-state index < -0.39 is 23.0 Å². The van der Waals surface area contributed by atoms with Crippen molar-refractivity contribution in [1.29, 1.82) is 0 Å². The fourth-order valence-electron chi connectivity index (χ4n) is 4.25. The average Bonchev–Trinajstić information content (AvgIpc) is 3.01. The molecule has 1 aromatic carbocycles. The molecule has 180 valence electrons. The molecule has 2 aliphatic heterocycles. The van der Waals surface area contributed by atoms with Gasteiger partial charge in [-0.05, 0) is 73.8 Å². The van der Waals surface area contributed by atoms with Gasteiger partial charge in [-0.15, -0.1) is 0 Å². The van der Waals surface area contributed by atoms with Crippen LogP contribution in [0, 0.1) is 0 Å². The predicted molar refractivity (Wildman–Crippen MR) is 120 cm³/mol. The SMILES string of the molecule is CC1(Cc2ccncc2C(=O)N2CCCCC2)NC(=O)N(c2ccc(SC(F)(F)F)cc2)C1=O. The van der Waals surface area contributed by atoms with Crippen LogP contribution in [0.4, 0.5) is 23.7 Å². The van der Waals surface area contributed by atoms with Gasteiger partial charge in [-0.3, -0.25) is 14.6 Å². The Morgan fingerprint density at radius 3 is 2.44 bits per heavy atom. The van der Waals surface area contributed by atoms with Gasteiger partial charge in [0.15, 0.2) is 0 Å². The molecule has 0 aliphatic carbocycles. The number of carbonyl (C=O) groups excluding carboxylic acids is 3. The van der Waals surface area contributed by atoms with Gasteiger partial charge in [0.1, 0.15) is 5.54 Å². The van der Waals surface area contributed by atoms with Gasteiger partial charge < -0.3 is 10.2 Å². The summed E-state index contributed by atoms with van der Waals surface area (Å²) >= 11 is -0.275. The molecule has 2 aliphatic rings. The van der Waals surface area contributed by atoms with Crippen LogP contribution in [0.1, 0.15) is 42.1 Å². The van der Waals surface area contributed by atoms with Gasteiger partial charge >= 0.3 is 11.5 Å². The second-order valence-corrected chi connectivity index (χ2v) is 9.65. The predicted octanol–water partition coefficient (Wildman–Crippen LogP) is 4.38. The van der Waals surface area contributed by atoms with Crippen molar-refractivity contribution in [2.24, 2.45) is 0 Å². The molecule has 11 heteroatoms. The molecule has 1 N–H and O–H groups in total. The number of halogens is 3. The summed E-state index contributed by atoms with van der Waals surface area (Å²) in [6.07, 6.45) is 6.01. The zero-order valence-corrected chi connectivity index (χ0v) is 19.2. The maximum Gasteiger partial charge on any atom is 0.446 e. The Labute approximate surface area is 198 Å². The summed E-state index contributed by atoms with van der Waals surface area (Å²) in [7, 11) is 0. The Morgan fingerprint density at radius 2 is 1.79 bits per heavy atom. The number of urea groups is 1. The molecular formula is C23H23F3N4O3S. The minimum atomic E-state index is -4.44. The number of rotatable bonds is 5. The molecule has 4 amide bonds. The molecule has 1 unspecified atom stereocenters. The van der Waals surface area contributed by atoms with Gasteiger partial charge in [0, 0.05) is 36.8 Å². The highest BCUT2D eigenvalue weighted by Gasteiger charge is 2.49. The normalized spacial score (nSPS) is 21.1. The van der Waals surface area contributed by atoms with Crippen molar-refractivity contribution in [1.82, 2.24) is 15.2 Å². The van der Waals surface area contributed by atoms with Crippen LogP contribution >= 0.6 is 11.8 Å². The summed E-state index contributed by atoms with van der Waals surface area (Å²) in [6, 6.07) is 6.00. The molecule has 2 aromatic rings. The van der Waals surface area contributed by atoms with Crippen molar-refractivity contribution < 1.29 is 27.6 Å². The number of benzene rings is 1. The number of amides is 4. The highest BCUT2D eigenvalue weighted by molar-refractivity contribution is 8.00. The lowest BCUT2D eigenvalue weighted by molar-refractivity contribution is -0.121. The number of carbonyl (C=O) groups is 3. The van der Waals surface area contributed by atoms with Crippen LogP contribution in [0.25, 0.3) is 0 Å². The summed E-state index contributed by atoms with van der Waals surface area (Å²) in [5.41, 5.74) is -4.64. The van der Waals surface area contributed by atoms with Gasteiger partial charge in [-0.25, -0.2) is 9.69 Å². The van der Waals surface area contributed by atoms with Gasteiger partial charge in [-0.1, -0.05) is 0 Å². The lowest BCUT2D eigenvalue weighted by atomic mass is 9.90. The standard InChI is InChI=1S/C23H23F3N4O3S/c1-22(13-15-9-10-27-14-18(15)19(31)29-11-3-2-4-12-29)20(32)30(21(33)28-22)16-5-7-17(8-6-16)34-23(24,25)26/h5-10,14H,2-4,11-13H2,1H3,(H,28,33). The second kappa shape index (κ2) is 9.28. The number of piperidine rings is 1. The summed E-state index contributed by atoms with van der Waals surface area (Å²) in [6.45, 7) is 2.89. The molecule has 0 bridgehead atoms. The molecular weight excluding hydrogens is 469 g/mol. The number of thioether (sulfide) groups is 1. The molecule has 34 heavy (non-hydrogen) atoms. The van der Waals surface area contributed by atoms with Crippen LogP contribution in [0.3, 0.4) is 0 Å². The quantitative estimate of drug-likeness (QED) is 0.495. The average molecular weight is 493 g/mol. The van der Waals surface area contributed by atoms with Crippen LogP contribution in [0.5, 0.6) is 0 Å². The third-order valence-electron chi connectivity index (χ3n) is 5.92. The topological polar surface area (TPSA) is 82.6 Å². The first kappa shape index (κ1) is 24.1. The molecule has 1 aromatic heterocycles. The summed E-state index contributed by atoms with van der Waals surface area (Å²) in [5.74, 6) is -0.709. The first-order valence-electron chi connectivity index (χ1n) is 10.8. The number of nitrogens with one attached hydrogen (secondary N) is 1. The smallest absolute Gasteiger partial charge is 0.339 e. The monoisotopic (exact) mass is 492 g/mol. The highest BCUT2D eigenvalue weighted by atomic mass is 32.2. The zero-order valence-electron chi connectivity index (χ0n) is 18.4. The number of alkyl halides is 3. The number of nitrogens with zero attached hydrogens (tertiary/aromatic N) is 3. The highest BCUT2D eigenvalue weighted by Crippen LogP contribution is 2.38. The van der Waals surface area contributed by atoms with Crippen LogP contribution < -0.4 is 10.2 Å². The van der Waals surface area contributed by atoms with Crippen LogP contribution in [-0.2, 0) is 11.2 Å². The van der Waals surface area contributed by atoms with Crippen molar-refractivity contribution in [3.05, 3.63) is 53.9 Å². The Kier molecular flexibility index (Phi) is 6.57. The Balaban J connectivity index is 1.55. The first-order chi connectivity index (χ1) is 16.1. The molecule has 1 atom stereocenters. The van der Waals surface area contributed by atoms with Crippen molar-refractivity contribution in [2.45, 2.75) is 48.5 Å². The van der Waals surface area contributed by atoms with Gasteiger partial charge in [0.2, 0.25) is 0 Å². The van der Waals surface area contributed by atoms with Gasteiger partial charge in [0.05, 0.1) is 11.3 Å². The zero-order chi connectivity index (χ0) is 24.5. The molecule has 2 saturated heterocycles. The number of imide groups is 1. The minimum absolute atomic E-state index is 0.0521. The first-order valence-corrected chi connectivity index (χ1v) is 11.6. The van der Waals surface area contributed by atoms with E-state index in [4.69, 9.17) is 0 Å². The third kappa shape index (κ3) is 5.03. The third-order valence-corrected chi connectivity index (χ3v) is 6.66. The van der Waals surface area contributed by atoms with E-state index in [1.165, 1.54) is 36.7 Å². The van der Waals surface area contributed by atoms with Crippen LogP contribution in [0.2, 0.25) is 0 Å². The van der Waals surface area contributed by atoms with Crippen molar-refractivity contribution in [3.8, 4) is 0 Å². The Morgan fingerprint density at radius 1 is 1.12 bits per heavy atom. The lowest BCUT2D eigenvalue weighted by Crippen LogP contribution is -2.46. The molecule has 0 saturated carbocycles. The Bertz CT molecular complexity index is 1100. The number of aromatic nitrogens is 1. The Hall–Kier alpha value is -3.08. The van der Waals surface area contributed by atoms with E-state index >= 15 is 0 Å². The molecule has 7 nitrogen and oxygen atoms in total. The van der Waals surface area contributed by atoms with Crippen molar-refractivity contribution in [3.63, 3.8) is 0 Å². The van der Waals surface area contributed by atoms with E-state index in [9.17, 15) is 27.6 Å². The van der Waals surface area contributed by atoms with E-state index in [1.54, 1.807) is 17.9 Å². The maximum atomic E-state index is 13.3. The van der Waals surface area contributed by atoms with Crippen LogP contribution in [0.15, 0.2) is 47.6 Å².